The van der Waals surface area contributed by atoms with Crippen molar-refractivity contribution in [2.45, 2.75) is 52.5 Å². The molecule has 0 atom stereocenters. The van der Waals surface area contributed by atoms with Crippen LogP contribution in [0.1, 0.15) is 46.5 Å². The summed E-state index contributed by atoms with van der Waals surface area (Å²) in [5.74, 6) is 0.249. The monoisotopic (exact) mass is 240 g/mol. The zero-order valence-corrected chi connectivity index (χ0v) is 11.2. The van der Waals surface area contributed by atoms with Crippen molar-refractivity contribution in [2.24, 2.45) is 5.92 Å². The molecule has 0 spiro atoms. The minimum absolute atomic E-state index is 0.0619. The molecule has 0 heterocycles. The van der Waals surface area contributed by atoms with Crippen LogP contribution in [0.4, 0.5) is 0 Å². The van der Waals surface area contributed by atoms with Gasteiger partial charge in [0.15, 0.2) is 0 Å². The van der Waals surface area contributed by atoms with Gasteiger partial charge in [0, 0.05) is 18.5 Å². The summed E-state index contributed by atoms with van der Waals surface area (Å²) in [7, 11) is 0. The first-order chi connectivity index (χ1) is 8.04. The number of amides is 2. The number of hydrogen-bond acceptors (Lipinski definition) is 2. The maximum Gasteiger partial charge on any atom is 0.239 e. The van der Waals surface area contributed by atoms with E-state index in [9.17, 15) is 9.59 Å². The molecule has 1 N–H and O–H groups in total. The lowest BCUT2D eigenvalue weighted by Crippen LogP contribution is -2.44. The van der Waals surface area contributed by atoms with Crippen molar-refractivity contribution in [3.05, 3.63) is 0 Å². The van der Waals surface area contributed by atoms with Crippen LogP contribution < -0.4 is 5.32 Å². The van der Waals surface area contributed by atoms with E-state index in [4.69, 9.17) is 0 Å². The van der Waals surface area contributed by atoms with E-state index in [1.807, 2.05) is 20.8 Å². The molecule has 0 unspecified atom stereocenters. The molecule has 2 amide bonds. The highest BCUT2D eigenvalue weighted by Gasteiger charge is 2.27. The van der Waals surface area contributed by atoms with Crippen molar-refractivity contribution in [3.8, 4) is 0 Å². The lowest BCUT2D eigenvalue weighted by molar-refractivity contribution is -0.139. The smallest absolute Gasteiger partial charge is 0.239 e. The van der Waals surface area contributed by atoms with Gasteiger partial charge in [0.25, 0.3) is 0 Å². The summed E-state index contributed by atoms with van der Waals surface area (Å²) in [6.07, 6.45) is 4.26. The lowest BCUT2D eigenvalue weighted by Gasteiger charge is -2.24. The molecule has 98 valence electrons. The van der Waals surface area contributed by atoms with Gasteiger partial charge in [0.05, 0.1) is 6.54 Å². The maximum absolute atomic E-state index is 12.1. The van der Waals surface area contributed by atoms with E-state index in [1.165, 1.54) is 0 Å². The third-order valence-corrected chi connectivity index (χ3v) is 3.18. The highest BCUT2D eigenvalue weighted by molar-refractivity contribution is 5.86. The molecule has 0 aromatic rings. The Morgan fingerprint density at radius 3 is 2.35 bits per heavy atom. The number of nitrogens with one attached hydrogen (secondary N) is 1. The van der Waals surface area contributed by atoms with Crippen LogP contribution in [0.5, 0.6) is 0 Å². The fraction of sp³-hybridized carbons (Fsp3) is 0.846. The Bertz CT molecular complexity index is 271. The Hall–Kier alpha value is -1.06. The van der Waals surface area contributed by atoms with Crippen LogP contribution in [0.2, 0.25) is 0 Å². The Morgan fingerprint density at radius 2 is 1.88 bits per heavy atom. The van der Waals surface area contributed by atoms with Gasteiger partial charge in [-0.25, -0.2) is 0 Å². The van der Waals surface area contributed by atoms with E-state index < -0.39 is 0 Å². The number of hydrogen-bond donors (Lipinski definition) is 1. The van der Waals surface area contributed by atoms with E-state index in [0.717, 1.165) is 25.7 Å². The zero-order valence-electron chi connectivity index (χ0n) is 11.2. The molecular formula is C13H24N2O2. The van der Waals surface area contributed by atoms with Crippen molar-refractivity contribution in [1.82, 2.24) is 10.2 Å². The summed E-state index contributed by atoms with van der Waals surface area (Å²) in [6, 6.07) is 0.128. The molecule has 0 aromatic carbocycles. The molecule has 0 saturated heterocycles. The molecule has 0 aromatic heterocycles. The molecule has 0 radical (unpaired) electrons. The largest absolute Gasteiger partial charge is 0.352 e. The second-order valence-electron chi connectivity index (χ2n) is 5.06. The fourth-order valence-electron chi connectivity index (χ4n) is 2.32. The van der Waals surface area contributed by atoms with Crippen LogP contribution in [-0.4, -0.2) is 35.8 Å². The molecule has 0 bridgehead atoms. The van der Waals surface area contributed by atoms with Gasteiger partial charge in [0.2, 0.25) is 11.8 Å². The summed E-state index contributed by atoms with van der Waals surface area (Å²) in [6.45, 7) is 6.58. The van der Waals surface area contributed by atoms with Crippen LogP contribution in [-0.2, 0) is 9.59 Å². The average molecular weight is 240 g/mol. The summed E-state index contributed by atoms with van der Waals surface area (Å²) in [5, 5.41) is 2.82. The first-order valence-electron chi connectivity index (χ1n) is 6.62. The summed E-state index contributed by atoms with van der Waals surface area (Å²) < 4.78 is 0. The average Bonchev–Trinajstić information content (AvgIpc) is 2.77. The number of carbonyl (C=O) groups excluding carboxylic acids is 2. The van der Waals surface area contributed by atoms with Crippen LogP contribution in [0.25, 0.3) is 0 Å². The maximum atomic E-state index is 12.1. The van der Waals surface area contributed by atoms with Crippen LogP contribution in [0.3, 0.4) is 0 Å². The van der Waals surface area contributed by atoms with Gasteiger partial charge < -0.3 is 10.2 Å². The Labute approximate surface area is 104 Å². The molecule has 4 nitrogen and oxygen atoms in total. The van der Waals surface area contributed by atoms with Gasteiger partial charge in [-0.2, -0.15) is 0 Å². The topological polar surface area (TPSA) is 49.4 Å². The van der Waals surface area contributed by atoms with Gasteiger partial charge in [-0.15, -0.1) is 0 Å². The minimum atomic E-state index is -0.0619. The second-order valence-corrected chi connectivity index (χ2v) is 5.06. The van der Waals surface area contributed by atoms with E-state index in [1.54, 1.807) is 4.90 Å². The summed E-state index contributed by atoms with van der Waals surface area (Å²) in [4.78, 5) is 25.5. The minimum Gasteiger partial charge on any atom is -0.352 e. The molecule has 4 heteroatoms. The van der Waals surface area contributed by atoms with E-state index >= 15 is 0 Å². The molecule has 1 rings (SSSR count). The van der Waals surface area contributed by atoms with Crippen molar-refractivity contribution < 1.29 is 9.59 Å². The quantitative estimate of drug-likeness (QED) is 0.792. The molecule has 1 aliphatic carbocycles. The Kier molecular flexibility index (Phi) is 5.45. The molecular weight excluding hydrogens is 216 g/mol. The van der Waals surface area contributed by atoms with Crippen LogP contribution >= 0.6 is 0 Å². The zero-order chi connectivity index (χ0) is 12.8. The van der Waals surface area contributed by atoms with E-state index in [-0.39, 0.29) is 30.3 Å². The normalized spacial score (nSPS) is 16.2. The van der Waals surface area contributed by atoms with Gasteiger partial charge in [-0.1, -0.05) is 12.8 Å². The van der Waals surface area contributed by atoms with E-state index in [0.29, 0.717) is 6.54 Å². The SMILES string of the molecule is CCN(CC(=O)NC(C)C)C(=O)C1CCCC1. The number of carbonyl (C=O) groups is 2. The Balaban J connectivity index is 2.46. The molecule has 17 heavy (non-hydrogen) atoms. The second kappa shape index (κ2) is 6.62. The highest BCUT2D eigenvalue weighted by Crippen LogP contribution is 2.26. The first kappa shape index (κ1) is 14.0. The van der Waals surface area contributed by atoms with Gasteiger partial charge in [0.1, 0.15) is 0 Å². The van der Waals surface area contributed by atoms with Crippen molar-refractivity contribution >= 4 is 11.8 Å². The number of likely N-dealkylation sites (N-methyl/N-ethyl adjacent to an activating group) is 1. The number of rotatable bonds is 5. The predicted molar refractivity (Wildman–Crippen MR) is 67.5 cm³/mol. The third-order valence-electron chi connectivity index (χ3n) is 3.18. The highest BCUT2D eigenvalue weighted by atomic mass is 16.2. The van der Waals surface area contributed by atoms with Gasteiger partial charge >= 0.3 is 0 Å². The van der Waals surface area contributed by atoms with Crippen molar-refractivity contribution in [3.63, 3.8) is 0 Å². The Morgan fingerprint density at radius 1 is 1.29 bits per heavy atom. The van der Waals surface area contributed by atoms with Crippen molar-refractivity contribution in [2.75, 3.05) is 13.1 Å². The molecule has 1 saturated carbocycles. The lowest BCUT2D eigenvalue weighted by atomic mass is 10.1. The van der Waals surface area contributed by atoms with E-state index in [2.05, 4.69) is 5.32 Å². The standard InChI is InChI=1S/C13H24N2O2/c1-4-15(9-12(16)14-10(2)3)13(17)11-7-5-6-8-11/h10-11H,4-9H2,1-3H3,(H,14,16). The van der Waals surface area contributed by atoms with Gasteiger partial charge in [-0.3, -0.25) is 9.59 Å². The summed E-state index contributed by atoms with van der Waals surface area (Å²) >= 11 is 0. The van der Waals surface area contributed by atoms with Crippen LogP contribution in [0.15, 0.2) is 0 Å². The number of nitrogens with zero attached hydrogens (tertiary/aromatic N) is 1. The van der Waals surface area contributed by atoms with Gasteiger partial charge in [-0.05, 0) is 33.6 Å². The van der Waals surface area contributed by atoms with Crippen molar-refractivity contribution in [1.29, 1.82) is 0 Å². The molecule has 0 aliphatic heterocycles. The summed E-state index contributed by atoms with van der Waals surface area (Å²) in [5.41, 5.74) is 0. The fourth-order valence-corrected chi connectivity index (χ4v) is 2.32. The predicted octanol–water partition coefficient (Wildman–Crippen LogP) is 1.55. The third kappa shape index (κ3) is 4.36. The first-order valence-corrected chi connectivity index (χ1v) is 6.62. The molecule has 1 fully saturated rings. The van der Waals surface area contributed by atoms with Crippen LogP contribution in [0, 0.1) is 5.92 Å². The molecule has 1 aliphatic rings.